The molecule has 10 rings (SSSR count). The summed E-state index contributed by atoms with van der Waals surface area (Å²) >= 11 is 0. The Balaban J connectivity index is 1.37. The SMILES string of the molecule is c1ccc(-c2cc(-c3ccccc3)cc(N(c3ccc4ccccc4c3-c3ccc4ccccc4c3)c3c4ccccc4cc4ccccc34)c2)cc1. The lowest BCUT2D eigenvalue weighted by Gasteiger charge is -2.32. The second kappa shape index (κ2) is 13.0. The van der Waals surface area contributed by atoms with Crippen molar-refractivity contribution >= 4 is 60.2 Å². The van der Waals surface area contributed by atoms with E-state index >= 15 is 0 Å². The fraction of sp³-hybridized carbons (Fsp3) is 0. The average Bonchev–Trinajstić information content (AvgIpc) is 3.23. The molecule has 0 N–H and O–H groups in total. The molecule has 10 aromatic carbocycles. The van der Waals surface area contributed by atoms with Crippen molar-refractivity contribution in [3.63, 3.8) is 0 Å². The van der Waals surface area contributed by atoms with E-state index in [1.807, 2.05) is 0 Å². The summed E-state index contributed by atoms with van der Waals surface area (Å²) in [7, 11) is 0. The van der Waals surface area contributed by atoms with Gasteiger partial charge in [0.1, 0.15) is 0 Å². The molecule has 0 spiro atoms. The number of benzene rings is 10. The van der Waals surface area contributed by atoms with E-state index in [-0.39, 0.29) is 0 Å². The molecule has 0 bridgehead atoms. The smallest absolute Gasteiger partial charge is 0.0618 e. The number of rotatable bonds is 6. The number of anilines is 3. The van der Waals surface area contributed by atoms with Gasteiger partial charge >= 0.3 is 0 Å². The molecule has 10 aromatic rings. The van der Waals surface area contributed by atoms with E-state index in [0.29, 0.717) is 0 Å². The standard InChI is InChI=1S/C52H35N/c1-3-15-36(16-4-1)44-33-45(37-17-5-2-6-18-37)35-46(34-44)53(52-48-25-13-10-22-41(48)32-42-23-11-14-26-49(42)52)50-30-29-39-20-9-12-24-47(39)51(50)43-28-27-38-19-7-8-21-40(38)31-43/h1-35H. The fourth-order valence-corrected chi connectivity index (χ4v) is 8.05. The summed E-state index contributed by atoms with van der Waals surface area (Å²) in [5, 5.41) is 9.72. The van der Waals surface area contributed by atoms with Crippen LogP contribution in [0.4, 0.5) is 17.1 Å². The Labute approximate surface area is 309 Å². The van der Waals surface area contributed by atoms with Crippen LogP contribution >= 0.6 is 0 Å². The zero-order chi connectivity index (χ0) is 35.1. The van der Waals surface area contributed by atoms with Crippen LogP contribution in [0.1, 0.15) is 0 Å². The second-order valence-corrected chi connectivity index (χ2v) is 13.7. The number of nitrogens with zero attached hydrogens (tertiary/aromatic N) is 1. The summed E-state index contributed by atoms with van der Waals surface area (Å²) < 4.78 is 0. The van der Waals surface area contributed by atoms with Crippen molar-refractivity contribution in [1.29, 1.82) is 0 Å². The first-order valence-electron chi connectivity index (χ1n) is 18.3. The van der Waals surface area contributed by atoms with Gasteiger partial charge in [-0.15, -0.1) is 0 Å². The first-order chi connectivity index (χ1) is 26.3. The summed E-state index contributed by atoms with van der Waals surface area (Å²) in [6, 6.07) is 77.6. The molecule has 53 heavy (non-hydrogen) atoms. The van der Waals surface area contributed by atoms with Gasteiger partial charge in [-0.1, -0.05) is 176 Å². The van der Waals surface area contributed by atoms with Crippen LogP contribution in [0.25, 0.3) is 76.5 Å². The van der Waals surface area contributed by atoms with Gasteiger partial charge in [-0.3, -0.25) is 0 Å². The molecule has 0 aliphatic carbocycles. The van der Waals surface area contributed by atoms with E-state index in [1.54, 1.807) is 0 Å². The van der Waals surface area contributed by atoms with Crippen molar-refractivity contribution < 1.29 is 0 Å². The zero-order valence-corrected chi connectivity index (χ0v) is 29.2. The van der Waals surface area contributed by atoms with Gasteiger partial charge in [-0.05, 0) is 96.5 Å². The summed E-state index contributed by atoms with van der Waals surface area (Å²) in [6.07, 6.45) is 0. The molecule has 0 fully saturated rings. The molecular weight excluding hydrogens is 639 g/mol. The van der Waals surface area contributed by atoms with Gasteiger partial charge in [0.05, 0.1) is 11.4 Å². The van der Waals surface area contributed by atoms with Gasteiger partial charge in [0.15, 0.2) is 0 Å². The Morgan fingerprint density at radius 1 is 0.264 bits per heavy atom. The quantitative estimate of drug-likeness (QED) is 0.159. The van der Waals surface area contributed by atoms with Crippen molar-refractivity contribution in [2.45, 2.75) is 0 Å². The predicted molar refractivity (Wildman–Crippen MR) is 227 cm³/mol. The van der Waals surface area contributed by atoms with Gasteiger partial charge < -0.3 is 4.90 Å². The molecule has 0 aliphatic heterocycles. The normalized spacial score (nSPS) is 11.4. The third-order valence-corrected chi connectivity index (χ3v) is 10.5. The Bertz CT molecular complexity index is 2830. The van der Waals surface area contributed by atoms with Crippen molar-refractivity contribution in [3.05, 3.63) is 212 Å². The maximum absolute atomic E-state index is 2.54. The highest BCUT2D eigenvalue weighted by Gasteiger charge is 2.24. The van der Waals surface area contributed by atoms with Gasteiger partial charge in [0, 0.05) is 22.0 Å². The first-order valence-corrected chi connectivity index (χ1v) is 18.3. The number of hydrogen-bond acceptors (Lipinski definition) is 1. The minimum Gasteiger partial charge on any atom is -0.309 e. The molecule has 0 radical (unpaired) electrons. The second-order valence-electron chi connectivity index (χ2n) is 13.7. The third kappa shape index (κ3) is 5.51. The van der Waals surface area contributed by atoms with Crippen LogP contribution in [0.2, 0.25) is 0 Å². The lowest BCUT2D eigenvalue weighted by molar-refractivity contribution is 1.32. The highest BCUT2D eigenvalue weighted by atomic mass is 15.1. The number of hydrogen-bond donors (Lipinski definition) is 0. The topological polar surface area (TPSA) is 3.24 Å². The lowest BCUT2D eigenvalue weighted by atomic mass is 9.91. The van der Waals surface area contributed by atoms with Crippen LogP contribution in [-0.4, -0.2) is 0 Å². The largest absolute Gasteiger partial charge is 0.309 e. The van der Waals surface area contributed by atoms with Crippen LogP contribution in [0.3, 0.4) is 0 Å². The Kier molecular flexibility index (Phi) is 7.55. The van der Waals surface area contributed by atoms with E-state index in [1.165, 1.54) is 82.2 Å². The van der Waals surface area contributed by atoms with Crippen LogP contribution in [0.15, 0.2) is 212 Å². The van der Waals surface area contributed by atoms with E-state index < -0.39 is 0 Å². The first kappa shape index (κ1) is 30.8. The maximum Gasteiger partial charge on any atom is 0.0618 e. The Hall–Kier alpha value is -6.96. The molecule has 0 amide bonds. The van der Waals surface area contributed by atoms with Crippen molar-refractivity contribution in [3.8, 4) is 33.4 Å². The van der Waals surface area contributed by atoms with Crippen LogP contribution in [-0.2, 0) is 0 Å². The van der Waals surface area contributed by atoms with Crippen molar-refractivity contribution in [2.75, 3.05) is 4.90 Å². The van der Waals surface area contributed by atoms with Crippen molar-refractivity contribution in [1.82, 2.24) is 0 Å². The molecule has 1 nitrogen and oxygen atoms in total. The molecule has 0 saturated heterocycles. The molecule has 0 saturated carbocycles. The van der Waals surface area contributed by atoms with Gasteiger partial charge in [-0.2, -0.15) is 0 Å². The summed E-state index contributed by atoms with van der Waals surface area (Å²) in [5.74, 6) is 0. The minimum atomic E-state index is 1.10. The summed E-state index contributed by atoms with van der Waals surface area (Å²) in [6.45, 7) is 0. The Morgan fingerprint density at radius 3 is 1.38 bits per heavy atom. The van der Waals surface area contributed by atoms with E-state index in [0.717, 1.165) is 11.4 Å². The molecule has 248 valence electrons. The molecule has 0 aliphatic rings. The van der Waals surface area contributed by atoms with Gasteiger partial charge in [0.2, 0.25) is 0 Å². The van der Waals surface area contributed by atoms with E-state index in [9.17, 15) is 0 Å². The van der Waals surface area contributed by atoms with Gasteiger partial charge in [-0.25, -0.2) is 0 Å². The van der Waals surface area contributed by atoms with E-state index in [4.69, 9.17) is 0 Å². The highest BCUT2D eigenvalue weighted by Crippen LogP contribution is 2.50. The maximum atomic E-state index is 2.54. The fourth-order valence-electron chi connectivity index (χ4n) is 8.05. The number of fused-ring (bicyclic) bond motifs is 4. The van der Waals surface area contributed by atoms with Crippen LogP contribution < -0.4 is 4.90 Å². The highest BCUT2D eigenvalue weighted by molar-refractivity contribution is 6.17. The van der Waals surface area contributed by atoms with Crippen LogP contribution in [0.5, 0.6) is 0 Å². The third-order valence-electron chi connectivity index (χ3n) is 10.5. The molecule has 0 heterocycles. The minimum absolute atomic E-state index is 1.10. The van der Waals surface area contributed by atoms with E-state index in [2.05, 4.69) is 217 Å². The monoisotopic (exact) mass is 673 g/mol. The lowest BCUT2D eigenvalue weighted by Crippen LogP contribution is -2.13. The molecule has 0 atom stereocenters. The Morgan fingerprint density at radius 2 is 0.755 bits per heavy atom. The van der Waals surface area contributed by atoms with Crippen LogP contribution in [0, 0.1) is 0 Å². The summed E-state index contributed by atoms with van der Waals surface area (Å²) in [4.78, 5) is 2.54. The average molecular weight is 674 g/mol. The molecule has 0 unspecified atom stereocenters. The molecular formula is C52H35N. The van der Waals surface area contributed by atoms with Crippen molar-refractivity contribution in [2.24, 2.45) is 0 Å². The summed E-state index contributed by atoms with van der Waals surface area (Å²) in [5.41, 5.74) is 10.5. The molecule has 1 heteroatoms. The zero-order valence-electron chi connectivity index (χ0n) is 29.2. The van der Waals surface area contributed by atoms with Gasteiger partial charge in [0.25, 0.3) is 0 Å². The predicted octanol–water partition coefficient (Wildman–Crippen LogP) is 14.8. The molecule has 0 aromatic heterocycles.